The number of H-pyrrole nitrogens is 1. The van der Waals surface area contributed by atoms with Crippen LogP contribution in [0.4, 0.5) is 0 Å². The molecule has 0 aliphatic heterocycles. The van der Waals surface area contributed by atoms with Crippen LogP contribution in [0, 0.1) is 6.92 Å². The van der Waals surface area contributed by atoms with Crippen molar-refractivity contribution in [3.63, 3.8) is 0 Å². The van der Waals surface area contributed by atoms with Crippen molar-refractivity contribution in [3.05, 3.63) is 73.8 Å². The number of fused-ring (bicyclic) bond motifs is 1. The molecule has 1 heterocycles. The fraction of sp³-hybridized carbons (Fsp3) is 0.286. The minimum Gasteiger partial charge on any atom is -0.496 e. The van der Waals surface area contributed by atoms with E-state index in [9.17, 15) is 14.4 Å². The molecule has 1 unspecified atom stereocenters. The number of nitrogens with zero attached hydrogens (tertiary/aromatic N) is 1. The Morgan fingerprint density at radius 2 is 1.96 bits per heavy atom. The van der Waals surface area contributed by atoms with Crippen molar-refractivity contribution in [1.82, 2.24) is 14.9 Å². The average molecular weight is 381 g/mol. The van der Waals surface area contributed by atoms with Crippen LogP contribution < -0.4 is 21.2 Å². The summed E-state index contributed by atoms with van der Waals surface area (Å²) in [6, 6.07) is 10.4. The standard InChI is InChI=1S/C21H23N3O4/c1-5-24-17-8-7-14(11-16(17)23-20(26)21(24)27)19(25)22-13(3)15-10-12(2)6-9-18(15)28-4/h6-11,13H,5H2,1-4H3,(H,22,25)(H,23,26). The Bertz CT molecular complexity index is 1160. The van der Waals surface area contributed by atoms with Gasteiger partial charge in [-0.1, -0.05) is 17.7 Å². The number of benzene rings is 2. The molecule has 28 heavy (non-hydrogen) atoms. The monoisotopic (exact) mass is 381 g/mol. The summed E-state index contributed by atoms with van der Waals surface area (Å²) in [5.74, 6) is 0.418. The second kappa shape index (κ2) is 7.72. The third-order valence-corrected chi connectivity index (χ3v) is 4.75. The Kier molecular flexibility index (Phi) is 5.35. The number of amides is 1. The molecule has 0 bridgehead atoms. The molecular weight excluding hydrogens is 358 g/mol. The SMILES string of the molecule is CCn1c(=O)c(=O)[nH]c2cc(C(=O)NC(C)c3cc(C)ccc3OC)ccc21. The maximum atomic E-state index is 12.8. The van der Waals surface area contributed by atoms with E-state index in [2.05, 4.69) is 10.3 Å². The molecule has 2 aromatic carbocycles. The lowest BCUT2D eigenvalue weighted by Gasteiger charge is -2.18. The Labute approximate surface area is 162 Å². The first-order valence-electron chi connectivity index (χ1n) is 9.08. The van der Waals surface area contributed by atoms with Gasteiger partial charge in [-0.05, 0) is 45.0 Å². The smallest absolute Gasteiger partial charge is 0.316 e. The predicted octanol–water partition coefficient (Wildman–Crippen LogP) is 2.52. The van der Waals surface area contributed by atoms with Gasteiger partial charge in [0.15, 0.2) is 0 Å². The second-order valence-corrected chi connectivity index (χ2v) is 6.68. The normalized spacial score (nSPS) is 12.0. The molecule has 146 valence electrons. The van der Waals surface area contributed by atoms with E-state index >= 15 is 0 Å². The second-order valence-electron chi connectivity index (χ2n) is 6.68. The topological polar surface area (TPSA) is 93.2 Å². The maximum absolute atomic E-state index is 12.8. The number of hydrogen-bond acceptors (Lipinski definition) is 4. The van der Waals surface area contributed by atoms with Crippen LogP contribution in [0.2, 0.25) is 0 Å². The maximum Gasteiger partial charge on any atom is 0.316 e. The van der Waals surface area contributed by atoms with Crippen molar-refractivity contribution in [2.45, 2.75) is 33.4 Å². The first-order valence-corrected chi connectivity index (χ1v) is 9.08. The number of rotatable bonds is 5. The minimum atomic E-state index is -0.704. The van der Waals surface area contributed by atoms with E-state index in [1.807, 2.05) is 32.0 Å². The molecule has 3 aromatic rings. The van der Waals surface area contributed by atoms with Crippen LogP contribution in [0.3, 0.4) is 0 Å². The van der Waals surface area contributed by atoms with Gasteiger partial charge in [0.2, 0.25) is 0 Å². The molecule has 0 saturated carbocycles. The van der Waals surface area contributed by atoms with Gasteiger partial charge in [0, 0.05) is 17.7 Å². The van der Waals surface area contributed by atoms with E-state index in [1.54, 1.807) is 32.2 Å². The third-order valence-electron chi connectivity index (χ3n) is 4.75. The van der Waals surface area contributed by atoms with Crippen LogP contribution in [-0.4, -0.2) is 22.6 Å². The van der Waals surface area contributed by atoms with Gasteiger partial charge >= 0.3 is 11.1 Å². The van der Waals surface area contributed by atoms with Crippen LogP contribution >= 0.6 is 0 Å². The summed E-state index contributed by atoms with van der Waals surface area (Å²) < 4.78 is 6.78. The summed E-state index contributed by atoms with van der Waals surface area (Å²) in [5.41, 5.74) is 2.06. The summed E-state index contributed by atoms with van der Waals surface area (Å²) in [7, 11) is 1.59. The van der Waals surface area contributed by atoms with E-state index in [4.69, 9.17) is 4.74 Å². The zero-order chi connectivity index (χ0) is 20.4. The molecule has 1 amide bonds. The van der Waals surface area contributed by atoms with Crippen molar-refractivity contribution in [2.75, 3.05) is 7.11 Å². The Morgan fingerprint density at radius 1 is 1.21 bits per heavy atom. The fourth-order valence-corrected chi connectivity index (χ4v) is 3.28. The number of methoxy groups -OCH3 is 1. The summed E-state index contributed by atoms with van der Waals surface area (Å²) in [5, 5.41) is 2.95. The summed E-state index contributed by atoms with van der Waals surface area (Å²) in [6.45, 7) is 6.02. The van der Waals surface area contributed by atoms with E-state index in [0.29, 0.717) is 28.9 Å². The molecular formula is C21H23N3O4. The molecule has 3 rings (SSSR count). The van der Waals surface area contributed by atoms with Gasteiger partial charge < -0.3 is 19.6 Å². The molecule has 1 aromatic heterocycles. The van der Waals surface area contributed by atoms with Gasteiger partial charge in [0.1, 0.15) is 5.75 Å². The molecule has 0 radical (unpaired) electrons. The summed E-state index contributed by atoms with van der Waals surface area (Å²) in [4.78, 5) is 39.1. The number of aromatic nitrogens is 2. The van der Waals surface area contributed by atoms with E-state index in [0.717, 1.165) is 11.1 Å². The molecule has 2 N–H and O–H groups in total. The molecule has 1 atom stereocenters. The molecule has 0 fully saturated rings. The highest BCUT2D eigenvalue weighted by atomic mass is 16.5. The van der Waals surface area contributed by atoms with Crippen molar-refractivity contribution < 1.29 is 9.53 Å². The summed E-state index contributed by atoms with van der Waals surface area (Å²) in [6.07, 6.45) is 0. The molecule has 0 spiro atoms. The van der Waals surface area contributed by atoms with E-state index < -0.39 is 11.1 Å². The number of hydrogen-bond donors (Lipinski definition) is 2. The van der Waals surface area contributed by atoms with E-state index in [1.165, 1.54) is 4.57 Å². The van der Waals surface area contributed by atoms with Crippen LogP contribution in [0.1, 0.15) is 41.4 Å². The number of aromatic amines is 1. The van der Waals surface area contributed by atoms with E-state index in [-0.39, 0.29) is 11.9 Å². The van der Waals surface area contributed by atoms with Crippen LogP contribution in [0.15, 0.2) is 46.0 Å². The van der Waals surface area contributed by atoms with Crippen LogP contribution in [0.25, 0.3) is 11.0 Å². The largest absolute Gasteiger partial charge is 0.496 e. The molecule has 0 aliphatic carbocycles. The van der Waals surface area contributed by atoms with Crippen molar-refractivity contribution in [3.8, 4) is 5.75 Å². The Balaban J connectivity index is 1.94. The highest BCUT2D eigenvalue weighted by molar-refractivity contribution is 5.97. The fourth-order valence-electron chi connectivity index (χ4n) is 3.28. The number of nitrogens with one attached hydrogen (secondary N) is 2. The lowest BCUT2D eigenvalue weighted by molar-refractivity contribution is 0.0939. The van der Waals surface area contributed by atoms with Crippen molar-refractivity contribution in [1.29, 1.82) is 0 Å². The van der Waals surface area contributed by atoms with Crippen molar-refractivity contribution in [2.24, 2.45) is 0 Å². The summed E-state index contributed by atoms with van der Waals surface area (Å²) >= 11 is 0. The predicted molar refractivity (Wildman–Crippen MR) is 108 cm³/mol. The van der Waals surface area contributed by atoms with Gasteiger partial charge in [-0.2, -0.15) is 0 Å². The molecule has 0 aliphatic rings. The lowest BCUT2D eigenvalue weighted by atomic mass is 10.0. The first-order chi connectivity index (χ1) is 13.3. The Hall–Kier alpha value is -3.35. The van der Waals surface area contributed by atoms with Gasteiger partial charge in [0.05, 0.1) is 24.2 Å². The van der Waals surface area contributed by atoms with Crippen molar-refractivity contribution >= 4 is 16.9 Å². The van der Waals surface area contributed by atoms with Crippen LogP contribution in [-0.2, 0) is 6.54 Å². The number of aryl methyl sites for hydroxylation is 2. The first kappa shape index (κ1) is 19.4. The lowest BCUT2D eigenvalue weighted by Crippen LogP contribution is -2.36. The van der Waals surface area contributed by atoms with Gasteiger partial charge in [-0.25, -0.2) is 0 Å². The number of carbonyl (C=O) groups is 1. The molecule has 0 saturated heterocycles. The average Bonchev–Trinajstić information content (AvgIpc) is 2.68. The Morgan fingerprint density at radius 3 is 2.64 bits per heavy atom. The zero-order valence-electron chi connectivity index (χ0n) is 16.3. The van der Waals surface area contributed by atoms with Crippen LogP contribution in [0.5, 0.6) is 5.75 Å². The number of ether oxygens (including phenoxy) is 1. The quantitative estimate of drug-likeness (QED) is 0.664. The number of carbonyl (C=O) groups excluding carboxylic acids is 1. The molecule has 7 nitrogen and oxygen atoms in total. The molecule has 7 heteroatoms. The van der Waals surface area contributed by atoms with Gasteiger partial charge in [-0.3, -0.25) is 14.4 Å². The highest BCUT2D eigenvalue weighted by Crippen LogP contribution is 2.26. The van der Waals surface area contributed by atoms with Gasteiger partial charge in [0.25, 0.3) is 5.91 Å². The highest BCUT2D eigenvalue weighted by Gasteiger charge is 2.16. The zero-order valence-corrected chi connectivity index (χ0v) is 16.3. The minimum absolute atomic E-state index is 0.276. The van der Waals surface area contributed by atoms with Gasteiger partial charge in [-0.15, -0.1) is 0 Å². The third kappa shape index (κ3) is 3.55.